The Morgan fingerprint density at radius 3 is 3.16 bits per heavy atom. The number of halogens is 1. The van der Waals surface area contributed by atoms with Crippen molar-refractivity contribution in [2.24, 2.45) is 0 Å². The van der Waals surface area contributed by atoms with Crippen molar-refractivity contribution in [3.05, 3.63) is 28.2 Å². The summed E-state index contributed by atoms with van der Waals surface area (Å²) in [7, 11) is 0. The van der Waals surface area contributed by atoms with E-state index < -0.39 is 0 Å². The highest BCUT2D eigenvalue weighted by Crippen LogP contribution is 2.33. The Labute approximate surface area is 128 Å². The Bertz CT molecular complexity index is 413. The molecule has 0 aliphatic carbocycles. The summed E-state index contributed by atoms with van der Waals surface area (Å²) in [6.45, 7) is 4.18. The van der Waals surface area contributed by atoms with E-state index in [1.54, 1.807) is 0 Å². The van der Waals surface area contributed by atoms with E-state index in [0.717, 1.165) is 41.5 Å². The zero-order valence-corrected chi connectivity index (χ0v) is 14.0. The van der Waals surface area contributed by atoms with E-state index in [-0.39, 0.29) is 0 Å². The predicted molar refractivity (Wildman–Crippen MR) is 87.2 cm³/mol. The molecule has 0 saturated heterocycles. The Morgan fingerprint density at radius 1 is 1.53 bits per heavy atom. The maximum Gasteiger partial charge on any atom is 0.125 e. The van der Waals surface area contributed by atoms with Gasteiger partial charge in [0.05, 0.1) is 6.61 Å². The molecule has 1 aliphatic rings. The van der Waals surface area contributed by atoms with Gasteiger partial charge >= 0.3 is 0 Å². The lowest BCUT2D eigenvalue weighted by molar-refractivity contribution is 0.315. The second-order valence-electron chi connectivity index (χ2n) is 5.01. The summed E-state index contributed by atoms with van der Waals surface area (Å²) >= 11 is 5.45. The Morgan fingerprint density at radius 2 is 2.37 bits per heavy atom. The molecule has 1 heterocycles. The van der Waals surface area contributed by atoms with Crippen LogP contribution in [0.1, 0.15) is 37.8 Å². The summed E-state index contributed by atoms with van der Waals surface area (Å²) in [6, 6.07) is 6.80. The number of hydrogen-bond donors (Lipinski definition) is 1. The number of fused-ring (bicyclic) bond motifs is 1. The van der Waals surface area contributed by atoms with E-state index in [1.165, 1.54) is 12.0 Å². The summed E-state index contributed by atoms with van der Waals surface area (Å²) in [5.74, 6) is 1.03. The number of rotatable bonds is 5. The van der Waals surface area contributed by atoms with Crippen LogP contribution in [-0.4, -0.2) is 24.7 Å². The van der Waals surface area contributed by atoms with Gasteiger partial charge < -0.3 is 10.1 Å². The molecule has 2 atom stereocenters. The first-order valence-corrected chi connectivity index (χ1v) is 8.97. The van der Waals surface area contributed by atoms with Crippen LogP contribution in [0.15, 0.2) is 22.7 Å². The molecule has 0 spiro atoms. The number of benzene rings is 1. The molecule has 2 rings (SSSR count). The van der Waals surface area contributed by atoms with Crippen LogP contribution < -0.4 is 10.1 Å². The van der Waals surface area contributed by atoms with Gasteiger partial charge in [0.15, 0.2) is 0 Å². The molecule has 4 heteroatoms. The molecule has 2 nitrogen and oxygen atoms in total. The lowest BCUT2D eigenvalue weighted by atomic mass is 10.0. The summed E-state index contributed by atoms with van der Waals surface area (Å²) in [5, 5.41) is 4.42. The first kappa shape index (κ1) is 15.2. The standard InChI is InChI=1S/C15H22BrNOS/c1-11(19-2)7-8-17-14-4-3-9-18-15-10-12(16)5-6-13(14)15/h5-6,10-11,14,17H,3-4,7-9H2,1-2H3. The number of ether oxygens (including phenoxy) is 1. The van der Waals surface area contributed by atoms with Crippen molar-refractivity contribution in [1.82, 2.24) is 5.32 Å². The minimum Gasteiger partial charge on any atom is -0.493 e. The Balaban J connectivity index is 2.01. The monoisotopic (exact) mass is 343 g/mol. The molecular weight excluding hydrogens is 322 g/mol. The molecule has 1 N–H and O–H groups in total. The van der Waals surface area contributed by atoms with Crippen LogP contribution in [-0.2, 0) is 0 Å². The number of thioether (sulfide) groups is 1. The van der Waals surface area contributed by atoms with Crippen molar-refractivity contribution >= 4 is 27.7 Å². The molecule has 1 aliphatic heterocycles. The number of nitrogens with one attached hydrogen (secondary N) is 1. The van der Waals surface area contributed by atoms with Gasteiger partial charge in [0.25, 0.3) is 0 Å². The fourth-order valence-electron chi connectivity index (χ4n) is 2.34. The van der Waals surface area contributed by atoms with Crippen LogP contribution in [0.25, 0.3) is 0 Å². The largest absolute Gasteiger partial charge is 0.493 e. The van der Waals surface area contributed by atoms with E-state index in [2.05, 4.69) is 52.6 Å². The minimum atomic E-state index is 0.430. The normalized spacial score (nSPS) is 20.3. The molecule has 1 aromatic carbocycles. The Hall–Kier alpha value is -0.190. The van der Waals surface area contributed by atoms with Crippen LogP contribution in [0.2, 0.25) is 0 Å². The predicted octanol–water partition coefficient (Wildman–Crippen LogP) is 4.39. The highest BCUT2D eigenvalue weighted by Gasteiger charge is 2.19. The molecule has 0 amide bonds. The highest BCUT2D eigenvalue weighted by atomic mass is 79.9. The van der Waals surface area contributed by atoms with Gasteiger partial charge in [0.2, 0.25) is 0 Å². The van der Waals surface area contributed by atoms with Crippen LogP contribution >= 0.6 is 27.7 Å². The lowest BCUT2D eigenvalue weighted by Crippen LogP contribution is -2.23. The highest BCUT2D eigenvalue weighted by molar-refractivity contribution is 9.10. The summed E-state index contributed by atoms with van der Waals surface area (Å²) < 4.78 is 6.92. The smallest absolute Gasteiger partial charge is 0.125 e. The van der Waals surface area contributed by atoms with E-state index in [0.29, 0.717) is 6.04 Å². The van der Waals surface area contributed by atoms with Crippen molar-refractivity contribution < 1.29 is 4.74 Å². The molecule has 0 fully saturated rings. The molecule has 106 valence electrons. The second-order valence-corrected chi connectivity index (χ2v) is 7.21. The Kier molecular flexibility index (Phi) is 6.05. The van der Waals surface area contributed by atoms with Crippen molar-refractivity contribution in [2.45, 2.75) is 37.5 Å². The molecule has 1 aromatic rings. The third-order valence-electron chi connectivity index (χ3n) is 3.59. The fourth-order valence-corrected chi connectivity index (χ4v) is 3.03. The maximum atomic E-state index is 5.83. The first-order valence-electron chi connectivity index (χ1n) is 6.89. The molecule has 19 heavy (non-hydrogen) atoms. The van der Waals surface area contributed by atoms with E-state index in [1.807, 2.05) is 11.8 Å². The van der Waals surface area contributed by atoms with Crippen LogP contribution in [0.3, 0.4) is 0 Å². The van der Waals surface area contributed by atoms with Gasteiger partial charge in [-0.25, -0.2) is 0 Å². The second kappa shape index (κ2) is 7.55. The third-order valence-corrected chi connectivity index (χ3v) is 5.12. The van der Waals surface area contributed by atoms with Crippen LogP contribution in [0.5, 0.6) is 5.75 Å². The van der Waals surface area contributed by atoms with Crippen LogP contribution in [0.4, 0.5) is 0 Å². The van der Waals surface area contributed by atoms with Gasteiger partial charge in [0.1, 0.15) is 5.75 Å². The molecule has 0 bridgehead atoms. The molecule has 0 aromatic heterocycles. The van der Waals surface area contributed by atoms with Gasteiger partial charge in [0, 0.05) is 21.3 Å². The average Bonchev–Trinajstić information content (AvgIpc) is 2.60. The SMILES string of the molecule is CSC(C)CCNC1CCCOc2cc(Br)ccc21. The maximum absolute atomic E-state index is 5.83. The topological polar surface area (TPSA) is 21.3 Å². The summed E-state index contributed by atoms with van der Waals surface area (Å²) in [6.07, 6.45) is 5.66. The van der Waals surface area contributed by atoms with Gasteiger partial charge in [-0.15, -0.1) is 0 Å². The summed E-state index contributed by atoms with van der Waals surface area (Å²) in [4.78, 5) is 0. The van der Waals surface area contributed by atoms with Crippen molar-refractivity contribution in [2.75, 3.05) is 19.4 Å². The van der Waals surface area contributed by atoms with Gasteiger partial charge in [-0.2, -0.15) is 11.8 Å². The molecule has 0 radical (unpaired) electrons. The molecule has 0 saturated carbocycles. The zero-order chi connectivity index (χ0) is 13.7. The zero-order valence-electron chi connectivity index (χ0n) is 11.6. The molecular formula is C15H22BrNOS. The van der Waals surface area contributed by atoms with Gasteiger partial charge in [-0.05, 0) is 44.2 Å². The quantitative estimate of drug-likeness (QED) is 0.856. The van der Waals surface area contributed by atoms with Crippen molar-refractivity contribution in [1.29, 1.82) is 0 Å². The third kappa shape index (κ3) is 4.40. The molecule has 2 unspecified atom stereocenters. The van der Waals surface area contributed by atoms with Crippen LogP contribution in [0, 0.1) is 0 Å². The van der Waals surface area contributed by atoms with Gasteiger partial charge in [-0.3, -0.25) is 0 Å². The average molecular weight is 344 g/mol. The minimum absolute atomic E-state index is 0.430. The van der Waals surface area contributed by atoms with E-state index in [9.17, 15) is 0 Å². The lowest BCUT2D eigenvalue weighted by Gasteiger charge is -2.19. The van der Waals surface area contributed by atoms with E-state index in [4.69, 9.17) is 4.74 Å². The number of hydrogen-bond acceptors (Lipinski definition) is 3. The fraction of sp³-hybridized carbons (Fsp3) is 0.600. The van der Waals surface area contributed by atoms with E-state index >= 15 is 0 Å². The van der Waals surface area contributed by atoms with Crippen molar-refractivity contribution in [3.63, 3.8) is 0 Å². The van der Waals surface area contributed by atoms with Crippen molar-refractivity contribution in [3.8, 4) is 5.75 Å². The first-order chi connectivity index (χ1) is 9.20. The summed E-state index contributed by atoms with van der Waals surface area (Å²) in [5.41, 5.74) is 1.30. The van der Waals surface area contributed by atoms with Gasteiger partial charge in [-0.1, -0.05) is 28.9 Å².